The van der Waals surface area contributed by atoms with Crippen molar-refractivity contribution >= 4 is 5.91 Å². The standard InChI is InChI=1S/C18H19N5O3/c1-11-17(12(2)25-22-11)15-9-19-14(8-20-15)7-13-4-6-23(10-13)18(24)16-3-5-21-26-16/h3,5,8-9,13H,4,6-7,10H2,1-2H3. The second-order valence-corrected chi connectivity index (χ2v) is 6.58. The van der Waals surface area contributed by atoms with Crippen LogP contribution in [0, 0.1) is 19.8 Å². The van der Waals surface area contributed by atoms with Crippen molar-refractivity contribution in [1.82, 2.24) is 25.2 Å². The molecule has 134 valence electrons. The van der Waals surface area contributed by atoms with Gasteiger partial charge in [-0.05, 0) is 32.6 Å². The SMILES string of the molecule is Cc1noc(C)c1-c1cnc(CC2CCN(C(=O)c3ccno3)C2)cn1. The minimum atomic E-state index is -0.107. The Labute approximate surface area is 150 Å². The Kier molecular flexibility index (Phi) is 4.24. The molecule has 26 heavy (non-hydrogen) atoms. The molecule has 1 atom stereocenters. The van der Waals surface area contributed by atoms with Crippen LogP contribution >= 0.6 is 0 Å². The fraction of sp³-hybridized carbons (Fsp3) is 0.389. The maximum Gasteiger partial charge on any atom is 0.292 e. The molecule has 1 amide bonds. The van der Waals surface area contributed by atoms with Gasteiger partial charge in [0.15, 0.2) is 0 Å². The number of likely N-dealkylation sites (tertiary alicyclic amines) is 1. The maximum absolute atomic E-state index is 12.3. The second-order valence-electron chi connectivity index (χ2n) is 6.58. The zero-order valence-electron chi connectivity index (χ0n) is 14.7. The lowest BCUT2D eigenvalue weighted by Gasteiger charge is -2.14. The molecule has 3 aromatic rings. The van der Waals surface area contributed by atoms with Gasteiger partial charge in [-0.15, -0.1) is 0 Å². The van der Waals surface area contributed by atoms with Gasteiger partial charge in [0.2, 0.25) is 5.76 Å². The summed E-state index contributed by atoms with van der Waals surface area (Å²) in [6, 6.07) is 1.59. The monoisotopic (exact) mass is 353 g/mol. The van der Waals surface area contributed by atoms with Crippen molar-refractivity contribution in [3.05, 3.63) is 47.6 Å². The van der Waals surface area contributed by atoms with E-state index in [1.54, 1.807) is 23.4 Å². The molecule has 0 saturated carbocycles. The van der Waals surface area contributed by atoms with E-state index >= 15 is 0 Å². The molecule has 0 aliphatic carbocycles. The summed E-state index contributed by atoms with van der Waals surface area (Å²) in [4.78, 5) is 23.1. The summed E-state index contributed by atoms with van der Waals surface area (Å²) in [5, 5.41) is 7.54. The number of carbonyl (C=O) groups excluding carboxylic acids is 1. The molecule has 0 radical (unpaired) electrons. The number of hydrogen-bond donors (Lipinski definition) is 0. The van der Waals surface area contributed by atoms with E-state index in [1.807, 2.05) is 13.8 Å². The Morgan fingerprint density at radius 2 is 2.15 bits per heavy atom. The smallest absolute Gasteiger partial charge is 0.292 e. The van der Waals surface area contributed by atoms with Crippen LogP contribution in [-0.4, -0.2) is 44.2 Å². The molecule has 4 rings (SSSR count). The number of aromatic nitrogens is 4. The Balaban J connectivity index is 1.40. The van der Waals surface area contributed by atoms with E-state index < -0.39 is 0 Å². The Hall–Kier alpha value is -3.03. The lowest BCUT2D eigenvalue weighted by Crippen LogP contribution is -2.28. The molecule has 1 aliphatic rings. The fourth-order valence-corrected chi connectivity index (χ4v) is 3.40. The third-order valence-corrected chi connectivity index (χ3v) is 4.71. The number of nitrogens with zero attached hydrogens (tertiary/aromatic N) is 5. The third-order valence-electron chi connectivity index (χ3n) is 4.71. The van der Waals surface area contributed by atoms with Gasteiger partial charge in [0.1, 0.15) is 5.76 Å². The summed E-state index contributed by atoms with van der Waals surface area (Å²) in [7, 11) is 0. The number of carbonyl (C=O) groups is 1. The zero-order chi connectivity index (χ0) is 18.1. The summed E-state index contributed by atoms with van der Waals surface area (Å²) in [5.41, 5.74) is 3.38. The number of rotatable bonds is 4. The van der Waals surface area contributed by atoms with Gasteiger partial charge in [-0.25, -0.2) is 0 Å². The first-order chi connectivity index (χ1) is 12.6. The predicted molar refractivity (Wildman–Crippen MR) is 91.2 cm³/mol. The Morgan fingerprint density at radius 3 is 2.81 bits per heavy atom. The average Bonchev–Trinajstić information content (AvgIpc) is 3.38. The molecule has 0 spiro atoms. The fourth-order valence-electron chi connectivity index (χ4n) is 3.40. The van der Waals surface area contributed by atoms with Gasteiger partial charge in [-0.1, -0.05) is 10.3 Å². The zero-order valence-corrected chi connectivity index (χ0v) is 14.7. The van der Waals surface area contributed by atoms with E-state index in [2.05, 4.69) is 20.3 Å². The highest BCUT2D eigenvalue weighted by molar-refractivity contribution is 5.91. The van der Waals surface area contributed by atoms with Crippen molar-refractivity contribution in [3.63, 3.8) is 0 Å². The van der Waals surface area contributed by atoms with Gasteiger partial charge >= 0.3 is 0 Å². The predicted octanol–water partition coefficient (Wildman–Crippen LogP) is 2.44. The van der Waals surface area contributed by atoms with Crippen molar-refractivity contribution in [2.45, 2.75) is 26.7 Å². The van der Waals surface area contributed by atoms with Crippen LogP contribution in [-0.2, 0) is 6.42 Å². The number of aryl methyl sites for hydroxylation is 2. The van der Waals surface area contributed by atoms with Gasteiger partial charge in [0, 0.05) is 25.4 Å². The molecule has 3 aromatic heterocycles. The van der Waals surface area contributed by atoms with E-state index in [1.165, 1.54) is 6.20 Å². The molecule has 4 heterocycles. The van der Waals surface area contributed by atoms with Gasteiger partial charge in [-0.3, -0.25) is 14.8 Å². The molecule has 0 aromatic carbocycles. The lowest BCUT2D eigenvalue weighted by atomic mass is 10.0. The highest BCUT2D eigenvalue weighted by Gasteiger charge is 2.29. The largest absolute Gasteiger partial charge is 0.361 e. The molecular weight excluding hydrogens is 334 g/mol. The van der Waals surface area contributed by atoms with E-state index in [4.69, 9.17) is 9.05 Å². The van der Waals surface area contributed by atoms with E-state index in [0.717, 1.165) is 47.8 Å². The average molecular weight is 353 g/mol. The van der Waals surface area contributed by atoms with Gasteiger partial charge in [-0.2, -0.15) is 0 Å². The second kappa shape index (κ2) is 6.70. The van der Waals surface area contributed by atoms with Crippen LogP contribution in [0.2, 0.25) is 0 Å². The van der Waals surface area contributed by atoms with E-state index in [-0.39, 0.29) is 11.7 Å². The minimum absolute atomic E-state index is 0.107. The van der Waals surface area contributed by atoms with E-state index in [0.29, 0.717) is 12.5 Å². The van der Waals surface area contributed by atoms with Crippen molar-refractivity contribution in [1.29, 1.82) is 0 Å². The molecule has 8 nitrogen and oxygen atoms in total. The lowest BCUT2D eigenvalue weighted by molar-refractivity contribution is 0.0745. The first-order valence-electron chi connectivity index (χ1n) is 8.56. The molecule has 1 aliphatic heterocycles. The van der Waals surface area contributed by atoms with Crippen molar-refractivity contribution in [2.24, 2.45) is 5.92 Å². The van der Waals surface area contributed by atoms with Crippen LogP contribution in [0.5, 0.6) is 0 Å². The summed E-state index contributed by atoms with van der Waals surface area (Å²) in [6.07, 6.45) is 6.76. The maximum atomic E-state index is 12.3. The van der Waals surface area contributed by atoms with Crippen LogP contribution in [0.25, 0.3) is 11.3 Å². The first-order valence-corrected chi connectivity index (χ1v) is 8.56. The van der Waals surface area contributed by atoms with Gasteiger partial charge < -0.3 is 13.9 Å². The molecule has 1 saturated heterocycles. The third kappa shape index (κ3) is 3.10. The van der Waals surface area contributed by atoms with Crippen LogP contribution < -0.4 is 0 Å². The van der Waals surface area contributed by atoms with Crippen LogP contribution in [0.15, 0.2) is 33.7 Å². The summed E-state index contributed by atoms with van der Waals surface area (Å²) in [6.45, 7) is 5.16. The highest BCUT2D eigenvalue weighted by atomic mass is 16.5. The van der Waals surface area contributed by atoms with Crippen LogP contribution in [0.4, 0.5) is 0 Å². The quantitative estimate of drug-likeness (QED) is 0.710. The molecule has 8 heteroatoms. The normalized spacial score (nSPS) is 17.0. The number of amides is 1. The van der Waals surface area contributed by atoms with Crippen molar-refractivity contribution in [3.8, 4) is 11.3 Å². The summed E-state index contributed by atoms with van der Waals surface area (Å²) >= 11 is 0. The van der Waals surface area contributed by atoms with Crippen molar-refractivity contribution in [2.75, 3.05) is 13.1 Å². The Bertz CT molecular complexity index is 882. The summed E-state index contributed by atoms with van der Waals surface area (Å²) < 4.78 is 10.1. The van der Waals surface area contributed by atoms with Gasteiger partial charge in [0.05, 0.1) is 35.0 Å². The molecular formula is C18H19N5O3. The Morgan fingerprint density at radius 1 is 1.27 bits per heavy atom. The molecule has 0 N–H and O–H groups in total. The number of hydrogen-bond acceptors (Lipinski definition) is 7. The van der Waals surface area contributed by atoms with Crippen LogP contribution in [0.3, 0.4) is 0 Å². The molecule has 1 fully saturated rings. The summed E-state index contributed by atoms with van der Waals surface area (Å²) in [5.74, 6) is 1.28. The van der Waals surface area contributed by atoms with Crippen molar-refractivity contribution < 1.29 is 13.8 Å². The molecule has 0 bridgehead atoms. The van der Waals surface area contributed by atoms with E-state index in [9.17, 15) is 4.79 Å². The highest BCUT2D eigenvalue weighted by Crippen LogP contribution is 2.25. The topological polar surface area (TPSA) is 98.2 Å². The minimum Gasteiger partial charge on any atom is -0.361 e. The first kappa shape index (κ1) is 16.4. The molecule has 1 unspecified atom stereocenters. The van der Waals surface area contributed by atoms with Crippen LogP contribution in [0.1, 0.15) is 34.1 Å². The van der Waals surface area contributed by atoms with Gasteiger partial charge in [0.25, 0.3) is 5.91 Å².